The number of aryl methyl sites for hydroxylation is 2. The molecule has 0 saturated heterocycles. The van der Waals surface area contributed by atoms with Crippen LogP contribution >= 0.6 is 23.1 Å². The topological polar surface area (TPSA) is 76.1 Å². The minimum Gasteiger partial charge on any atom is -0.497 e. The van der Waals surface area contributed by atoms with E-state index in [0.29, 0.717) is 5.13 Å². The summed E-state index contributed by atoms with van der Waals surface area (Å²) in [6, 6.07) is 13.6. The van der Waals surface area contributed by atoms with Crippen LogP contribution in [0, 0.1) is 13.8 Å². The highest BCUT2D eigenvalue weighted by Crippen LogP contribution is 2.31. The number of benzene rings is 2. The number of carbonyl (C=O) groups is 1. The van der Waals surface area contributed by atoms with Gasteiger partial charge in [-0.25, -0.2) is 0 Å². The summed E-state index contributed by atoms with van der Waals surface area (Å²) >= 11 is 2.80. The van der Waals surface area contributed by atoms with Crippen LogP contribution in [0.15, 0.2) is 46.8 Å². The molecule has 0 fully saturated rings. The second kappa shape index (κ2) is 9.07. The van der Waals surface area contributed by atoms with Gasteiger partial charge >= 0.3 is 0 Å². The molecule has 0 bridgehead atoms. The molecule has 2 N–H and O–H groups in total. The van der Waals surface area contributed by atoms with Gasteiger partial charge in [0, 0.05) is 11.4 Å². The highest BCUT2D eigenvalue weighted by Gasteiger charge is 2.18. The van der Waals surface area contributed by atoms with E-state index in [1.807, 2.05) is 63.2 Å². The maximum atomic E-state index is 12.5. The Labute approximate surface area is 172 Å². The van der Waals surface area contributed by atoms with Crippen molar-refractivity contribution in [3.8, 4) is 5.75 Å². The third kappa shape index (κ3) is 5.24. The first-order valence-corrected chi connectivity index (χ1v) is 10.4. The van der Waals surface area contributed by atoms with E-state index in [-0.39, 0.29) is 11.2 Å². The van der Waals surface area contributed by atoms with Gasteiger partial charge in [-0.05, 0) is 62.2 Å². The van der Waals surface area contributed by atoms with Crippen molar-refractivity contribution in [1.82, 2.24) is 10.2 Å². The normalized spacial score (nSPS) is 11.7. The molecule has 1 amide bonds. The number of rotatable bonds is 7. The lowest BCUT2D eigenvalue weighted by molar-refractivity contribution is -0.115. The third-order valence-electron chi connectivity index (χ3n) is 4.05. The van der Waals surface area contributed by atoms with E-state index in [2.05, 4.69) is 20.8 Å². The molecule has 0 aliphatic heterocycles. The van der Waals surface area contributed by atoms with Crippen molar-refractivity contribution in [1.29, 1.82) is 0 Å². The van der Waals surface area contributed by atoms with Gasteiger partial charge in [0.05, 0.1) is 12.4 Å². The van der Waals surface area contributed by atoms with Gasteiger partial charge in [0.2, 0.25) is 11.0 Å². The van der Waals surface area contributed by atoms with Gasteiger partial charge in [0.1, 0.15) is 5.75 Å². The van der Waals surface area contributed by atoms with Crippen molar-refractivity contribution in [2.24, 2.45) is 0 Å². The molecule has 146 valence electrons. The summed E-state index contributed by atoms with van der Waals surface area (Å²) in [6.45, 7) is 5.85. The number of hydrogen-bond donors (Lipinski definition) is 2. The third-order valence-corrected chi connectivity index (χ3v) is 6.07. The van der Waals surface area contributed by atoms with Crippen molar-refractivity contribution in [2.75, 3.05) is 17.7 Å². The number of nitrogens with one attached hydrogen (secondary N) is 2. The Kier molecular flexibility index (Phi) is 6.53. The highest BCUT2D eigenvalue weighted by molar-refractivity contribution is 8.02. The average molecular weight is 415 g/mol. The number of anilines is 3. The second-order valence-corrected chi connectivity index (χ2v) is 8.86. The van der Waals surface area contributed by atoms with Crippen LogP contribution in [-0.4, -0.2) is 28.5 Å². The van der Waals surface area contributed by atoms with Crippen LogP contribution in [0.2, 0.25) is 0 Å². The summed E-state index contributed by atoms with van der Waals surface area (Å²) in [6.07, 6.45) is 0. The Bertz CT molecular complexity index is 957. The zero-order chi connectivity index (χ0) is 20.1. The van der Waals surface area contributed by atoms with Crippen molar-refractivity contribution in [3.05, 3.63) is 53.6 Å². The van der Waals surface area contributed by atoms with Gasteiger partial charge in [0.15, 0.2) is 4.34 Å². The summed E-state index contributed by atoms with van der Waals surface area (Å²) in [4.78, 5) is 12.5. The number of carbonyl (C=O) groups excluding carboxylic acids is 1. The van der Waals surface area contributed by atoms with Crippen LogP contribution in [0.25, 0.3) is 0 Å². The van der Waals surface area contributed by atoms with Crippen LogP contribution in [0.1, 0.15) is 18.1 Å². The quantitative estimate of drug-likeness (QED) is 0.528. The molecule has 0 unspecified atom stereocenters. The van der Waals surface area contributed by atoms with Gasteiger partial charge in [0.25, 0.3) is 0 Å². The van der Waals surface area contributed by atoms with E-state index >= 15 is 0 Å². The van der Waals surface area contributed by atoms with Gasteiger partial charge in [-0.1, -0.05) is 35.2 Å². The molecule has 28 heavy (non-hydrogen) atoms. The van der Waals surface area contributed by atoms with E-state index in [4.69, 9.17) is 4.74 Å². The lowest BCUT2D eigenvalue weighted by Crippen LogP contribution is -2.22. The maximum Gasteiger partial charge on any atom is 0.237 e. The van der Waals surface area contributed by atoms with Crippen molar-refractivity contribution in [3.63, 3.8) is 0 Å². The molecule has 0 aliphatic carbocycles. The predicted molar refractivity (Wildman–Crippen MR) is 116 cm³/mol. The number of thioether (sulfide) groups is 1. The van der Waals surface area contributed by atoms with Crippen molar-refractivity contribution < 1.29 is 9.53 Å². The number of ether oxygens (including phenoxy) is 1. The summed E-state index contributed by atoms with van der Waals surface area (Å²) in [5.74, 6) is 0.737. The second-order valence-electron chi connectivity index (χ2n) is 6.29. The first-order chi connectivity index (χ1) is 13.4. The molecular formula is C20H22N4O2S2. The van der Waals surface area contributed by atoms with Gasteiger partial charge < -0.3 is 15.4 Å². The monoisotopic (exact) mass is 414 g/mol. The fraction of sp³-hybridized carbons (Fsp3) is 0.250. The molecule has 6 nitrogen and oxygen atoms in total. The fourth-order valence-corrected chi connectivity index (χ4v) is 4.33. The molecule has 1 heterocycles. The van der Waals surface area contributed by atoms with Crippen molar-refractivity contribution in [2.45, 2.75) is 30.4 Å². The molecule has 8 heteroatoms. The zero-order valence-electron chi connectivity index (χ0n) is 16.1. The molecule has 2 aromatic carbocycles. The summed E-state index contributed by atoms with van der Waals surface area (Å²) in [7, 11) is 1.63. The molecule has 1 atom stereocenters. The van der Waals surface area contributed by atoms with Gasteiger partial charge in [-0.3, -0.25) is 4.79 Å². The van der Waals surface area contributed by atoms with Crippen molar-refractivity contribution >= 4 is 45.5 Å². The lowest BCUT2D eigenvalue weighted by atomic mass is 10.1. The summed E-state index contributed by atoms with van der Waals surface area (Å²) in [5.41, 5.74) is 3.89. The minimum atomic E-state index is -0.290. The molecule has 3 aromatic rings. The smallest absolute Gasteiger partial charge is 0.237 e. The van der Waals surface area contributed by atoms with Crippen LogP contribution in [0.3, 0.4) is 0 Å². The average Bonchev–Trinajstić information content (AvgIpc) is 3.12. The van der Waals surface area contributed by atoms with E-state index in [0.717, 1.165) is 32.6 Å². The number of nitrogens with zero attached hydrogens (tertiary/aromatic N) is 2. The van der Waals surface area contributed by atoms with Crippen LogP contribution in [-0.2, 0) is 4.79 Å². The standard InChI is InChI=1S/C20H22N4O2S2/c1-12-5-6-13(2)17(11-12)22-18(25)14(3)27-20-24-23-19(28-20)21-15-7-9-16(26-4)10-8-15/h5-11,14H,1-4H3,(H,21,23)(H,22,25)/t14-/m0/s1. The Morgan fingerprint density at radius 1 is 1.14 bits per heavy atom. The zero-order valence-corrected chi connectivity index (χ0v) is 17.8. The van der Waals surface area contributed by atoms with Gasteiger partial charge in [-0.15, -0.1) is 10.2 Å². The molecule has 0 aliphatic rings. The lowest BCUT2D eigenvalue weighted by Gasteiger charge is -2.12. The molecule has 0 saturated carbocycles. The SMILES string of the molecule is COc1ccc(Nc2nnc(S[C@@H](C)C(=O)Nc3cc(C)ccc3C)s2)cc1. The molecule has 3 rings (SSSR count). The first kappa shape index (κ1) is 20.2. The summed E-state index contributed by atoms with van der Waals surface area (Å²) in [5, 5.41) is 14.9. The van der Waals surface area contributed by atoms with Gasteiger partial charge in [-0.2, -0.15) is 0 Å². The largest absolute Gasteiger partial charge is 0.497 e. The molecule has 0 spiro atoms. The molecule has 1 aromatic heterocycles. The van der Waals surface area contributed by atoms with Crippen LogP contribution in [0.4, 0.5) is 16.5 Å². The van der Waals surface area contributed by atoms with E-state index < -0.39 is 0 Å². The fourth-order valence-electron chi connectivity index (χ4n) is 2.42. The maximum absolute atomic E-state index is 12.5. The number of hydrogen-bond acceptors (Lipinski definition) is 7. The predicted octanol–water partition coefficient (Wildman–Crippen LogP) is 5.03. The molecule has 0 radical (unpaired) electrons. The summed E-state index contributed by atoms with van der Waals surface area (Å²) < 4.78 is 5.89. The van der Waals surface area contributed by atoms with Crippen LogP contribution < -0.4 is 15.4 Å². The number of aromatic nitrogens is 2. The Hall–Kier alpha value is -2.58. The number of methoxy groups -OCH3 is 1. The Balaban J connectivity index is 1.58. The number of amides is 1. The first-order valence-electron chi connectivity index (χ1n) is 8.74. The van der Waals surface area contributed by atoms with E-state index in [1.54, 1.807) is 7.11 Å². The highest BCUT2D eigenvalue weighted by atomic mass is 32.2. The molecular weight excluding hydrogens is 392 g/mol. The van der Waals surface area contributed by atoms with Crippen LogP contribution in [0.5, 0.6) is 5.75 Å². The minimum absolute atomic E-state index is 0.0569. The van der Waals surface area contributed by atoms with E-state index in [9.17, 15) is 4.79 Å². The van der Waals surface area contributed by atoms with E-state index in [1.165, 1.54) is 23.1 Å². The Morgan fingerprint density at radius 3 is 2.61 bits per heavy atom. The Morgan fingerprint density at radius 2 is 1.89 bits per heavy atom.